The normalized spacial score (nSPS) is 11.7. The molecule has 0 aliphatic heterocycles. The number of anilines is 3. The first kappa shape index (κ1) is 19.8. The second-order valence-corrected chi connectivity index (χ2v) is 9.77. The standard InChI is InChI=1S/C17H12Cl2N6O2S2/c1-29(26,27)11-6-5-8(7-21-11)22-15-13-16(28-17(20)23-13)25-14(24-15)12-9(18)3-2-4-10(12)19/h2-7H,1H3,(H2,20,23)(H,22,24,25). The zero-order chi connectivity index (χ0) is 20.8. The third kappa shape index (κ3) is 3.97. The van der Waals surface area contributed by atoms with Gasteiger partial charge in [-0.15, -0.1) is 0 Å². The minimum Gasteiger partial charge on any atom is -0.375 e. The number of nitrogens with two attached hydrogens (primary N) is 1. The maximum Gasteiger partial charge on any atom is 0.192 e. The molecule has 8 nitrogen and oxygen atoms in total. The lowest BCUT2D eigenvalue weighted by Crippen LogP contribution is -2.02. The van der Waals surface area contributed by atoms with E-state index in [9.17, 15) is 8.42 Å². The number of sulfone groups is 1. The number of nitrogen functional groups attached to an aromatic ring is 1. The van der Waals surface area contributed by atoms with Gasteiger partial charge in [-0.3, -0.25) is 0 Å². The first-order chi connectivity index (χ1) is 13.7. The van der Waals surface area contributed by atoms with Gasteiger partial charge in [0, 0.05) is 6.26 Å². The summed E-state index contributed by atoms with van der Waals surface area (Å²) >= 11 is 13.8. The van der Waals surface area contributed by atoms with E-state index in [1.54, 1.807) is 24.3 Å². The van der Waals surface area contributed by atoms with Crippen molar-refractivity contribution >= 4 is 71.4 Å². The lowest BCUT2D eigenvalue weighted by Gasteiger charge is -2.10. The molecule has 3 N–H and O–H groups in total. The fourth-order valence-corrected chi connectivity index (χ4v) is 4.39. The van der Waals surface area contributed by atoms with E-state index in [4.69, 9.17) is 28.9 Å². The van der Waals surface area contributed by atoms with Crippen molar-refractivity contribution in [2.75, 3.05) is 17.3 Å². The van der Waals surface area contributed by atoms with Crippen molar-refractivity contribution in [1.82, 2.24) is 19.9 Å². The van der Waals surface area contributed by atoms with E-state index in [1.165, 1.54) is 23.6 Å². The van der Waals surface area contributed by atoms with Gasteiger partial charge in [0.05, 0.1) is 27.5 Å². The molecule has 4 aromatic rings. The number of hydrogen-bond acceptors (Lipinski definition) is 9. The highest BCUT2D eigenvalue weighted by molar-refractivity contribution is 7.90. The fraction of sp³-hybridized carbons (Fsp3) is 0.0588. The topological polar surface area (TPSA) is 124 Å². The second-order valence-electron chi connectivity index (χ2n) is 5.98. The summed E-state index contributed by atoms with van der Waals surface area (Å²) in [6.07, 6.45) is 2.48. The lowest BCUT2D eigenvalue weighted by atomic mass is 10.2. The number of halogens is 2. The Hall–Kier alpha value is -2.53. The molecule has 3 heterocycles. The number of pyridine rings is 1. The van der Waals surface area contributed by atoms with Crippen molar-refractivity contribution in [1.29, 1.82) is 0 Å². The monoisotopic (exact) mass is 466 g/mol. The Morgan fingerprint density at radius 1 is 1.07 bits per heavy atom. The molecule has 0 unspecified atom stereocenters. The molecular formula is C17H12Cl2N6O2S2. The Balaban J connectivity index is 1.83. The van der Waals surface area contributed by atoms with E-state index in [0.717, 1.165) is 6.26 Å². The Morgan fingerprint density at radius 2 is 1.79 bits per heavy atom. The first-order valence-electron chi connectivity index (χ1n) is 8.04. The molecule has 0 bridgehead atoms. The van der Waals surface area contributed by atoms with E-state index in [1.807, 2.05) is 0 Å². The van der Waals surface area contributed by atoms with Crippen LogP contribution in [0, 0.1) is 0 Å². The number of rotatable bonds is 4. The summed E-state index contributed by atoms with van der Waals surface area (Å²) in [5.74, 6) is 0.669. The smallest absolute Gasteiger partial charge is 0.192 e. The van der Waals surface area contributed by atoms with E-state index in [2.05, 4.69) is 25.3 Å². The van der Waals surface area contributed by atoms with Gasteiger partial charge in [0.2, 0.25) is 0 Å². The predicted octanol–water partition coefficient (Wildman–Crippen LogP) is 4.18. The first-order valence-corrected chi connectivity index (χ1v) is 11.5. The molecule has 12 heteroatoms. The van der Waals surface area contributed by atoms with Gasteiger partial charge < -0.3 is 11.1 Å². The van der Waals surface area contributed by atoms with Crippen molar-refractivity contribution in [2.45, 2.75) is 5.03 Å². The van der Waals surface area contributed by atoms with Gasteiger partial charge in [-0.1, -0.05) is 40.6 Å². The van der Waals surface area contributed by atoms with E-state index in [0.29, 0.717) is 48.4 Å². The third-order valence-corrected chi connectivity index (χ3v) is 6.25. The SMILES string of the molecule is CS(=O)(=O)c1ccc(Nc2nc(-c3c(Cl)cccc3Cl)nc3sc(N)nc23)cn1. The summed E-state index contributed by atoms with van der Waals surface area (Å²) in [7, 11) is -3.40. The third-order valence-electron chi connectivity index (χ3n) is 3.84. The molecule has 0 spiro atoms. The van der Waals surface area contributed by atoms with E-state index < -0.39 is 9.84 Å². The summed E-state index contributed by atoms with van der Waals surface area (Å²) in [5.41, 5.74) is 7.31. The number of hydrogen-bond donors (Lipinski definition) is 2. The lowest BCUT2D eigenvalue weighted by molar-refractivity contribution is 0.598. The van der Waals surface area contributed by atoms with Crippen molar-refractivity contribution in [3.05, 3.63) is 46.6 Å². The van der Waals surface area contributed by atoms with Crippen LogP contribution in [0.5, 0.6) is 0 Å². The predicted molar refractivity (Wildman–Crippen MR) is 116 cm³/mol. The van der Waals surface area contributed by atoms with Crippen molar-refractivity contribution in [3.8, 4) is 11.4 Å². The molecule has 0 saturated heterocycles. The van der Waals surface area contributed by atoms with E-state index >= 15 is 0 Å². The second kappa shape index (κ2) is 7.38. The number of fused-ring (bicyclic) bond motifs is 1. The van der Waals surface area contributed by atoms with Crippen LogP contribution >= 0.6 is 34.5 Å². The molecule has 0 amide bonds. The van der Waals surface area contributed by atoms with Gasteiger partial charge in [0.15, 0.2) is 36.5 Å². The molecule has 0 saturated carbocycles. The zero-order valence-electron chi connectivity index (χ0n) is 14.7. The van der Waals surface area contributed by atoms with Crippen LogP contribution in [-0.2, 0) is 9.84 Å². The quantitative estimate of drug-likeness (QED) is 0.458. The van der Waals surface area contributed by atoms with Crippen LogP contribution in [0.2, 0.25) is 10.0 Å². The van der Waals surface area contributed by atoms with E-state index in [-0.39, 0.29) is 5.03 Å². The van der Waals surface area contributed by atoms with Crippen LogP contribution in [0.15, 0.2) is 41.6 Å². The van der Waals surface area contributed by atoms with Crippen LogP contribution in [0.1, 0.15) is 0 Å². The highest BCUT2D eigenvalue weighted by Crippen LogP contribution is 2.36. The molecule has 3 aromatic heterocycles. The Morgan fingerprint density at radius 3 is 2.41 bits per heavy atom. The molecule has 0 aliphatic rings. The molecule has 0 atom stereocenters. The molecule has 4 rings (SSSR count). The molecule has 29 heavy (non-hydrogen) atoms. The van der Waals surface area contributed by atoms with Gasteiger partial charge >= 0.3 is 0 Å². The van der Waals surface area contributed by atoms with Crippen LogP contribution < -0.4 is 11.1 Å². The molecular weight excluding hydrogens is 455 g/mol. The largest absolute Gasteiger partial charge is 0.375 e. The van der Waals surface area contributed by atoms with Gasteiger partial charge in [-0.2, -0.15) is 0 Å². The number of nitrogens with one attached hydrogen (secondary N) is 1. The average Bonchev–Trinajstić information content (AvgIpc) is 3.02. The zero-order valence-corrected chi connectivity index (χ0v) is 17.9. The fourth-order valence-electron chi connectivity index (χ4n) is 2.56. The highest BCUT2D eigenvalue weighted by atomic mass is 35.5. The van der Waals surface area contributed by atoms with Crippen LogP contribution in [0.25, 0.3) is 21.7 Å². The summed E-state index contributed by atoms with van der Waals surface area (Å²) < 4.78 is 23.2. The molecule has 0 aliphatic carbocycles. The summed E-state index contributed by atoms with van der Waals surface area (Å²) in [5, 5.41) is 4.18. The number of benzene rings is 1. The molecule has 0 fully saturated rings. The van der Waals surface area contributed by atoms with Crippen molar-refractivity contribution in [3.63, 3.8) is 0 Å². The van der Waals surface area contributed by atoms with Crippen LogP contribution in [0.3, 0.4) is 0 Å². The Bertz CT molecular complexity index is 1320. The van der Waals surface area contributed by atoms with Gasteiger partial charge in [0.25, 0.3) is 0 Å². The van der Waals surface area contributed by atoms with Gasteiger partial charge in [0.1, 0.15) is 5.52 Å². The molecule has 148 valence electrons. The summed E-state index contributed by atoms with van der Waals surface area (Å²) in [4.78, 5) is 17.8. The van der Waals surface area contributed by atoms with Crippen molar-refractivity contribution in [2.24, 2.45) is 0 Å². The maximum absolute atomic E-state index is 11.6. The van der Waals surface area contributed by atoms with Gasteiger partial charge in [-0.05, 0) is 24.3 Å². The molecule has 1 aromatic carbocycles. The van der Waals surface area contributed by atoms with Gasteiger partial charge in [-0.25, -0.2) is 28.4 Å². The van der Waals surface area contributed by atoms with Crippen molar-refractivity contribution < 1.29 is 8.42 Å². The van der Waals surface area contributed by atoms with Crippen LogP contribution in [0.4, 0.5) is 16.6 Å². The average molecular weight is 467 g/mol. The minimum atomic E-state index is -3.40. The summed E-state index contributed by atoms with van der Waals surface area (Å²) in [6.45, 7) is 0. The number of thiazole rings is 1. The minimum absolute atomic E-state index is 0.0303. The molecule has 0 radical (unpaired) electrons. The Labute approximate surface area is 179 Å². The number of nitrogens with zero attached hydrogens (tertiary/aromatic N) is 4. The Kier molecular flexibility index (Phi) is 5.03. The highest BCUT2D eigenvalue weighted by Gasteiger charge is 2.18. The number of aromatic nitrogens is 4. The van der Waals surface area contributed by atoms with Crippen LogP contribution in [-0.4, -0.2) is 34.6 Å². The summed E-state index contributed by atoms with van der Waals surface area (Å²) in [6, 6.07) is 8.09. The maximum atomic E-state index is 11.6.